The number of carbonyl (C=O) groups is 3. The molecule has 0 radical (unpaired) electrons. The Kier molecular flexibility index (Phi) is 4.55. The van der Waals surface area contributed by atoms with Crippen LogP contribution < -0.4 is 10.2 Å². The summed E-state index contributed by atoms with van der Waals surface area (Å²) in [7, 11) is 0. The molecule has 5 heteroatoms. The Balaban J connectivity index is 1.54. The summed E-state index contributed by atoms with van der Waals surface area (Å²) in [6.45, 7) is 1.53. The summed E-state index contributed by atoms with van der Waals surface area (Å²) in [5.41, 5.74) is 2.57. The van der Waals surface area contributed by atoms with Gasteiger partial charge in [0.2, 0.25) is 5.91 Å². The zero-order chi connectivity index (χ0) is 25.3. The third kappa shape index (κ3) is 2.77. The molecule has 37 heavy (non-hydrogen) atoms. The van der Waals surface area contributed by atoms with Gasteiger partial charge in [-0.05, 0) is 35.4 Å². The first-order valence-electron chi connectivity index (χ1n) is 12.5. The maximum absolute atomic E-state index is 14.4. The van der Waals surface area contributed by atoms with E-state index in [0.29, 0.717) is 11.3 Å². The summed E-state index contributed by atoms with van der Waals surface area (Å²) < 4.78 is 0. The van der Waals surface area contributed by atoms with Crippen molar-refractivity contribution < 1.29 is 14.4 Å². The smallest absolute Gasteiger partial charge is 0.238 e. The van der Waals surface area contributed by atoms with Crippen molar-refractivity contribution in [2.75, 3.05) is 10.2 Å². The molecule has 1 spiro atoms. The summed E-state index contributed by atoms with van der Waals surface area (Å²) in [6.07, 6.45) is 4.08. The number of hydrogen-bond donors (Lipinski definition) is 1. The minimum absolute atomic E-state index is 0.136. The molecule has 5 nitrogen and oxygen atoms in total. The Morgan fingerprint density at radius 1 is 0.865 bits per heavy atom. The van der Waals surface area contributed by atoms with Crippen LogP contribution in [-0.4, -0.2) is 29.6 Å². The fourth-order valence-electron chi connectivity index (χ4n) is 6.87. The van der Waals surface area contributed by atoms with Crippen LogP contribution >= 0.6 is 0 Å². The Morgan fingerprint density at radius 2 is 1.59 bits per heavy atom. The summed E-state index contributed by atoms with van der Waals surface area (Å²) in [5.74, 6) is -1.47. The van der Waals surface area contributed by atoms with E-state index >= 15 is 0 Å². The second-order valence-electron chi connectivity index (χ2n) is 10.1. The van der Waals surface area contributed by atoms with Crippen molar-refractivity contribution in [1.29, 1.82) is 0 Å². The SMILES string of the molecule is CC(=O)[C@@H]1[C@H](C(=O)c2ccccc2)[C@]2(C(=O)Nc3ccccc32)[C@@H]2C=Cc3c(ccc4ccccc34)N12. The van der Waals surface area contributed by atoms with Crippen LogP contribution in [0.15, 0.2) is 97.1 Å². The molecule has 0 unspecified atom stereocenters. The van der Waals surface area contributed by atoms with Gasteiger partial charge in [0.25, 0.3) is 0 Å². The first kappa shape index (κ1) is 21.7. The van der Waals surface area contributed by atoms with Gasteiger partial charge in [0, 0.05) is 22.5 Å². The van der Waals surface area contributed by atoms with Crippen molar-refractivity contribution >= 4 is 45.7 Å². The van der Waals surface area contributed by atoms with E-state index in [4.69, 9.17) is 0 Å². The van der Waals surface area contributed by atoms with Crippen LogP contribution in [0.5, 0.6) is 0 Å². The highest BCUT2D eigenvalue weighted by atomic mass is 16.2. The lowest BCUT2D eigenvalue weighted by Gasteiger charge is -2.38. The maximum atomic E-state index is 14.4. The molecule has 1 N–H and O–H groups in total. The van der Waals surface area contributed by atoms with E-state index in [2.05, 4.69) is 23.5 Å². The van der Waals surface area contributed by atoms with Crippen molar-refractivity contribution in [2.24, 2.45) is 5.92 Å². The molecule has 0 aromatic heterocycles. The summed E-state index contributed by atoms with van der Waals surface area (Å²) in [5, 5.41) is 5.22. The van der Waals surface area contributed by atoms with Gasteiger partial charge in [0.05, 0.1) is 18.0 Å². The number of para-hydroxylation sites is 1. The number of anilines is 2. The van der Waals surface area contributed by atoms with Crippen LogP contribution in [0.4, 0.5) is 11.4 Å². The maximum Gasteiger partial charge on any atom is 0.238 e. The predicted octanol–water partition coefficient (Wildman–Crippen LogP) is 5.40. The van der Waals surface area contributed by atoms with Gasteiger partial charge >= 0.3 is 0 Å². The molecule has 3 aliphatic heterocycles. The van der Waals surface area contributed by atoms with E-state index in [0.717, 1.165) is 27.6 Å². The van der Waals surface area contributed by atoms with E-state index in [1.165, 1.54) is 6.92 Å². The first-order valence-corrected chi connectivity index (χ1v) is 12.5. The molecule has 0 bridgehead atoms. The number of fused-ring (bicyclic) bond motifs is 8. The van der Waals surface area contributed by atoms with E-state index in [1.54, 1.807) is 12.1 Å². The molecule has 180 valence electrons. The molecule has 4 aromatic carbocycles. The van der Waals surface area contributed by atoms with E-state index in [9.17, 15) is 14.4 Å². The largest absolute Gasteiger partial charge is 0.352 e. The molecule has 7 rings (SSSR count). The van der Waals surface area contributed by atoms with Gasteiger partial charge in [-0.15, -0.1) is 0 Å². The summed E-state index contributed by atoms with van der Waals surface area (Å²) >= 11 is 0. The highest BCUT2D eigenvalue weighted by Gasteiger charge is 2.69. The Labute approximate surface area is 214 Å². The normalized spacial score (nSPS) is 25.1. The van der Waals surface area contributed by atoms with Gasteiger partial charge in [-0.2, -0.15) is 0 Å². The van der Waals surface area contributed by atoms with Gasteiger partial charge in [0.15, 0.2) is 11.6 Å². The zero-order valence-electron chi connectivity index (χ0n) is 20.2. The van der Waals surface area contributed by atoms with Crippen molar-refractivity contribution in [3.05, 3.63) is 114 Å². The molecule has 1 fully saturated rings. The molecule has 0 saturated carbocycles. The Hall–Kier alpha value is -4.51. The fraction of sp³-hybridized carbons (Fsp3) is 0.156. The number of nitrogens with zero attached hydrogens (tertiary/aromatic N) is 1. The lowest BCUT2D eigenvalue weighted by molar-refractivity contribution is -0.122. The number of benzene rings is 4. The number of rotatable bonds is 3. The quantitative estimate of drug-likeness (QED) is 0.396. The zero-order valence-corrected chi connectivity index (χ0v) is 20.2. The lowest BCUT2D eigenvalue weighted by atomic mass is 9.64. The molecule has 0 aliphatic carbocycles. The van der Waals surface area contributed by atoms with Crippen molar-refractivity contribution in [1.82, 2.24) is 0 Å². The average molecular weight is 485 g/mol. The van der Waals surface area contributed by atoms with Gasteiger partial charge in [-0.25, -0.2) is 0 Å². The lowest BCUT2D eigenvalue weighted by Crippen LogP contribution is -2.51. The van der Waals surface area contributed by atoms with Crippen LogP contribution in [0.25, 0.3) is 16.8 Å². The van der Waals surface area contributed by atoms with E-state index in [-0.39, 0.29) is 17.5 Å². The standard InChI is InChI=1S/C32H24N2O3/c1-19(35)29-28(30(36)21-10-3-2-4-11-21)32(24-13-7-8-14-25(24)33-31(32)37)27-18-16-23-22-12-6-5-9-20(22)15-17-26(23)34(27)29/h2-18,27-29H,1H3,(H,33,37)/t27-,28+,29+,32+/m0/s1. The highest BCUT2D eigenvalue weighted by Crippen LogP contribution is 2.58. The van der Waals surface area contributed by atoms with Crippen molar-refractivity contribution in [3.8, 4) is 0 Å². The molecule has 1 saturated heterocycles. The monoisotopic (exact) mass is 484 g/mol. The number of hydrogen-bond acceptors (Lipinski definition) is 4. The minimum atomic E-state index is -1.25. The molecule has 4 aromatic rings. The molecular weight excluding hydrogens is 460 g/mol. The van der Waals surface area contributed by atoms with Crippen LogP contribution in [0.3, 0.4) is 0 Å². The minimum Gasteiger partial charge on any atom is -0.352 e. The number of ketones is 2. The topological polar surface area (TPSA) is 66.5 Å². The number of amides is 1. The van der Waals surface area contributed by atoms with Crippen LogP contribution in [0, 0.1) is 5.92 Å². The number of nitrogens with one attached hydrogen (secondary N) is 1. The van der Waals surface area contributed by atoms with Crippen LogP contribution in [-0.2, 0) is 15.0 Å². The third-order valence-electron chi connectivity index (χ3n) is 8.30. The van der Waals surface area contributed by atoms with E-state index in [1.807, 2.05) is 77.7 Å². The van der Waals surface area contributed by atoms with E-state index < -0.39 is 23.4 Å². The Bertz CT molecular complexity index is 1660. The van der Waals surface area contributed by atoms with Gasteiger partial charge in [0.1, 0.15) is 5.41 Å². The predicted molar refractivity (Wildman–Crippen MR) is 145 cm³/mol. The van der Waals surface area contributed by atoms with Crippen molar-refractivity contribution in [2.45, 2.75) is 24.4 Å². The molecule has 4 atom stereocenters. The number of carbonyl (C=O) groups excluding carboxylic acids is 3. The molecule has 3 heterocycles. The molecule has 3 aliphatic rings. The first-order chi connectivity index (χ1) is 18.0. The highest BCUT2D eigenvalue weighted by molar-refractivity contribution is 6.17. The van der Waals surface area contributed by atoms with Crippen LogP contribution in [0.2, 0.25) is 0 Å². The Morgan fingerprint density at radius 3 is 2.41 bits per heavy atom. The average Bonchev–Trinajstić information content (AvgIpc) is 3.41. The second kappa shape index (κ2) is 7.74. The molecule has 1 amide bonds. The van der Waals surface area contributed by atoms with Gasteiger partial charge < -0.3 is 10.2 Å². The van der Waals surface area contributed by atoms with Crippen molar-refractivity contribution in [3.63, 3.8) is 0 Å². The summed E-state index contributed by atoms with van der Waals surface area (Å²) in [4.78, 5) is 44.0. The van der Waals surface area contributed by atoms with Gasteiger partial charge in [-0.1, -0.05) is 91.0 Å². The number of Topliss-reactive ketones (excluding diaryl/α,β-unsaturated/α-hetero) is 2. The second-order valence-corrected chi connectivity index (χ2v) is 10.1. The third-order valence-corrected chi connectivity index (χ3v) is 8.30. The molecular formula is C32H24N2O3. The fourth-order valence-corrected chi connectivity index (χ4v) is 6.87. The summed E-state index contributed by atoms with van der Waals surface area (Å²) in [6, 6.07) is 27.5. The van der Waals surface area contributed by atoms with Gasteiger partial charge in [-0.3, -0.25) is 14.4 Å². The van der Waals surface area contributed by atoms with Crippen LogP contribution in [0.1, 0.15) is 28.4 Å².